The molecule has 5 rings (SSSR count). The number of H-pyrrole nitrogens is 2. The minimum absolute atomic E-state index is 0.0297. The maximum atomic E-state index is 15.1. The van der Waals surface area contributed by atoms with Gasteiger partial charge in [0.1, 0.15) is 35.9 Å². The van der Waals surface area contributed by atoms with Crippen LogP contribution in [0.2, 0.25) is 0 Å². The Morgan fingerprint density at radius 1 is 0.821 bits per heavy atom. The van der Waals surface area contributed by atoms with Crippen molar-refractivity contribution < 1.29 is 43.5 Å². The molecule has 27 heteroatoms. The van der Waals surface area contributed by atoms with Gasteiger partial charge in [-0.15, -0.1) is 0 Å². The van der Waals surface area contributed by atoms with Crippen molar-refractivity contribution in [3.63, 3.8) is 0 Å². The van der Waals surface area contributed by atoms with Gasteiger partial charge < -0.3 is 81.0 Å². The van der Waals surface area contributed by atoms with Gasteiger partial charge in [-0.1, -0.05) is 48.5 Å². The molecule has 0 aliphatic carbocycles. The number of aliphatic imine (C=N–C) groups is 2. The van der Waals surface area contributed by atoms with Crippen LogP contribution in [0.1, 0.15) is 82.0 Å². The van der Waals surface area contributed by atoms with Crippen molar-refractivity contribution in [2.24, 2.45) is 38.7 Å². The third-order valence-corrected chi connectivity index (χ3v) is 12.9. The first-order valence-corrected chi connectivity index (χ1v) is 25.7. The molecule has 0 saturated carbocycles. The third-order valence-electron chi connectivity index (χ3n) is 12.9. The fourth-order valence-electron chi connectivity index (χ4n) is 8.88. The van der Waals surface area contributed by atoms with E-state index in [1.54, 1.807) is 36.5 Å². The predicted octanol–water partition coefficient (Wildman–Crippen LogP) is -3.20. The predicted molar refractivity (Wildman–Crippen MR) is 290 cm³/mol. The van der Waals surface area contributed by atoms with Gasteiger partial charge in [0, 0.05) is 74.8 Å². The zero-order chi connectivity index (χ0) is 56.8. The number of fused-ring (bicyclic) bond motifs is 1. The van der Waals surface area contributed by atoms with Crippen LogP contribution in [0, 0.1) is 0 Å². The second kappa shape index (κ2) is 29.6. The molecule has 8 atom stereocenters. The monoisotopic (exact) mass is 1080 g/mol. The van der Waals surface area contributed by atoms with Gasteiger partial charge in [-0.25, -0.2) is 4.98 Å². The molecule has 21 N–H and O–H groups in total. The molecule has 27 nitrogen and oxygen atoms in total. The van der Waals surface area contributed by atoms with Gasteiger partial charge in [-0.05, 0) is 69.1 Å². The lowest BCUT2D eigenvalue weighted by Gasteiger charge is -2.35. The molecule has 422 valence electrons. The normalized spacial score (nSPS) is 22.7. The van der Waals surface area contributed by atoms with Gasteiger partial charge >= 0.3 is 0 Å². The quantitative estimate of drug-likeness (QED) is 0.0265. The van der Waals surface area contributed by atoms with Crippen molar-refractivity contribution in [2.45, 2.75) is 132 Å². The van der Waals surface area contributed by atoms with Crippen LogP contribution in [0.15, 0.2) is 83.3 Å². The summed E-state index contributed by atoms with van der Waals surface area (Å²) in [7, 11) is 0. The highest BCUT2D eigenvalue weighted by Crippen LogP contribution is 2.21. The van der Waals surface area contributed by atoms with Crippen molar-refractivity contribution >= 4 is 70.1 Å². The number of carbonyl (C=O) groups is 8. The van der Waals surface area contributed by atoms with E-state index in [4.69, 9.17) is 28.7 Å². The molecule has 1 fully saturated rings. The number of amides is 8. The summed E-state index contributed by atoms with van der Waals surface area (Å²) in [6.45, 7) is 2.88. The van der Waals surface area contributed by atoms with E-state index in [0.29, 0.717) is 16.8 Å². The second-order valence-corrected chi connectivity index (χ2v) is 19.4. The molecule has 4 aromatic rings. The molecule has 1 saturated heterocycles. The average molecular weight is 1080 g/mol. The fourth-order valence-corrected chi connectivity index (χ4v) is 8.88. The number of nitrogens with one attached hydrogen (secondary N) is 10. The number of aliphatic hydroxyl groups excluding tert-OH is 1. The number of aromatic amines is 2. The average Bonchev–Trinajstić information content (AvgIpc) is 4.07. The summed E-state index contributed by atoms with van der Waals surface area (Å²) in [6.07, 6.45) is 2.66. The Morgan fingerprint density at radius 2 is 1.51 bits per heavy atom. The van der Waals surface area contributed by atoms with Crippen molar-refractivity contribution in [1.29, 1.82) is 0 Å². The number of benzene rings is 2. The van der Waals surface area contributed by atoms with Crippen molar-refractivity contribution in [3.8, 4) is 0 Å². The summed E-state index contributed by atoms with van der Waals surface area (Å²) in [5.41, 5.74) is 28.5. The first-order valence-electron chi connectivity index (χ1n) is 25.7. The maximum Gasteiger partial charge on any atom is 0.246 e. The molecule has 2 aromatic heterocycles. The van der Waals surface area contributed by atoms with Gasteiger partial charge in [0.05, 0.1) is 24.8 Å². The Bertz CT molecular complexity index is 2730. The van der Waals surface area contributed by atoms with Gasteiger partial charge in [-0.2, -0.15) is 0 Å². The Balaban J connectivity index is 1.57. The Morgan fingerprint density at radius 3 is 2.19 bits per heavy atom. The van der Waals surface area contributed by atoms with E-state index in [0.717, 1.165) is 10.9 Å². The van der Waals surface area contributed by atoms with Crippen LogP contribution in [0.3, 0.4) is 0 Å². The lowest BCUT2D eigenvalue weighted by Crippen LogP contribution is -2.66. The summed E-state index contributed by atoms with van der Waals surface area (Å²) in [6, 6.07) is 8.06. The molecule has 0 spiro atoms. The van der Waals surface area contributed by atoms with E-state index in [1.165, 1.54) is 26.4 Å². The van der Waals surface area contributed by atoms with Crippen LogP contribution >= 0.6 is 0 Å². The van der Waals surface area contributed by atoms with E-state index in [-0.39, 0.29) is 95.8 Å². The highest BCUT2D eigenvalue weighted by molar-refractivity contribution is 5.98. The van der Waals surface area contributed by atoms with E-state index in [1.807, 2.05) is 24.3 Å². The van der Waals surface area contributed by atoms with Crippen molar-refractivity contribution in [3.05, 3.63) is 90.1 Å². The van der Waals surface area contributed by atoms with E-state index < -0.39 is 102 Å². The Labute approximate surface area is 450 Å². The largest absolute Gasteiger partial charge is 0.376 e. The number of nitrogens with zero attached hydrogens (tertiary/aromatic N) is 3. The van der Waals surface area contributed by atoms with Gasteiger partial charge in [0.25, 0.3) is 0 Å². The van der Waals surface area contributed by atoms with E-state index in [9.17, 15) is 38.7 Å². The number of aliphatic hydroxyl groups is 1. The van der Waals surface area contributed by atoms with Crippen LogP contribution in [0.5, 0.6) is 0 Å². The minimum Gasteiger partial charge on any atom is -0.376 e. The van der Waals surface area contributed by atoms with Crippen LogP contribution in [0.25, 0.3) is 10.9 Å². The molecule has 78 heavy (non-hydrogen) atoms. The van der Waals surface area contributed by atoms with Gasteiger partial charge in [0.15, 0.2) is 11.9 Å². The maximum absolute atomic E-state index is 15.1. The number of hydrogen-bond donors (Lipinski definition) is 16. The number of guanidine groups is 2. The highest BCUT2D eigenvalue weighted by atomic mass is 16.3. The molecule has 1 aliphatic rings. The van der Waals surface area contributed by atoms with Crippen molar-refractivity contribution in [2.75, 3.05) is 19.6 Å². The number of carbonyl (C=O) groups excluding carboxylic acids is 8. The van der Waals surface area contributed by atoms with Crippen LogP contribution in [-0.2, 0) is 57.6 Å². The first-order chi connectivity index (χ1) is 37.2. The SMILES string of the molecule is CC(=O)N[C@@H](CCCN=C(N)N)C(=O)N[C@H]1CC(=O)NCCCC[C@@H](C(N)=O)NC(=O)[C@H](Cc2c[nH]c3ccccc23)NC(=O)[C@H](CCCN=C(N)N)NC(=O)[C@@](C)(Cc2ccccc2)NC(=O)[C@H](Cc2cnc[nH]2)NC1O. The molecular formula is C51H74N18O9. The molecule has 1 unspecified atom stereocenters. The number of para-hydroxylation sites is 1. The lowest BCUT2D eigenvalue weighted by atomic mass is 9.90. The number of rotatable bonds is 18. The van der Waals surface area contributed by atoms with E-state index in [2.05, 4.69) is 67.5 Å². The number of aromatic nitrogens is 3. The van der Waals surface area contributed by atoms with Crippen molar-refractivity contribution in [1.82, 2.24) is 57.5 Å². The molecule has 0 radical (unpaired) electrons. The summed E-state index contributed by atoms with van der Waals surface area (Å²) in [5, 5.41) is 34.8. The first kappa shape index (κ1) is 60.3. The standard InChI is InChI=1S/C51H74N18O9/c1-29(70)63-36(17-10-20-59-49(53)54)43(73)67-40-24-41(71)58-19-9-8-16-35(42(52)72)64-45(75)38(22-31-26-61-34-15-7-6-14-33(31)34)65-44(74)37(18-11-21-60-50(55)56)68-48(78)51(2,25-30-12-4-3-5-13-30)69-47(77)39(66-46(40)76)23-32-27-57-28-62-32/h3-7,12-15,26-28,35-40,46,61,66,76H,8-11,16-25H2,1-2H3,(H2,52,72)(H,57,62)(H,58,71)(H,63,70)(H,64,75)(H,65,74)(H,67,73)(H,68,78)(H,69,77)(H4,53,54,59)(H4,55,56,60)/t35-,36-,37-,38-,39-,40-,46?,51+/m0/s1. The van der Waals surface area contributed by atoms with Crippen LogP contribution in [0.4, 0.5) is 0 Å². The van der Waals surface area contributed by atoms with Gasteiger partial charge in [-0.3, -0.25) is 53.7 Å². The van der Waals surface area contributed by atoms with E-state index >= 15 is 4.79 Å². The second-order valence-electron chi connectivity index (χ2n) is 19.4. The smallest absolute Gasteiger partial charge is 0.246 e. The molecule has 8 amide bonds. The fraction of sp³-hybridized carbons (Fsp3) is 0.471. The summed E-state index contributed by atoms with van der Waals surface area (Å²) < 4.78 is 0. The Hall–Kier alpha value is -8.59. The number of nitrogens with two attached hydrogens (primary N) is 5. The number of primary amides is 1. The number of imidazole rings is 1. The Kier molecular flexibility index (Phi) is 22.9. The molecule has 2 aromatic carbocycles. The molecule has 1 aliphatic heterocycles. The number of hydrogen-bond acceptors (Lipinski definition) is 13. The zero-order valence-electron chi connectivity index (χ0n) is 43.8. The minimum atomic E-state index is -1.88. The summed E-state index contributed by atoms with van der Waals surface area (Å²) in [4.78, 5) is 130. The third kappa shape index (κ3) is 19.2. The topological polar surface area (TPSA) is 452 Å². The van der Waals surface area contributed by atoms with Crippen LogP contribution < -0.4 is 71.2 Å². The van der Waals surface area contributed by atoms with Crippen LogP contribution in [-0.4, -0.2) is 147 Å². The molecule has 0 bridgehead atoms. The lowest BCUT2D eigenvalue weighted by molar-refractivity contribution is -0.137. The summed E-state index contributed by atoms with van der Waals surface area (Å²) >= 11 is 0. The highest BCUT2D eigenvalue weighted by Gasteiger charge is 2.41. The molecule has 3 heterocycles. The molecular weight excluding hydrogens is 1010 g/mol. The zero-order valence-corrected chi connectivity index (χ0v) is 43.8. The van der Waals surface area contributed by atoms with Gasteiger partial charge in [0.2, 0.25) is 47.3 Å². The summed E-state index contributed by atoms with van der Waals surface area (Å²) in [5.74, 6) is -6.44.